The van der Waals surface area contributed by atoms with E-state index in [1.165, 1.54) is 5.69 Å². The number of fused-ring (bicyclic) bond motifs is 2. The molecular weight excluding hydrogens is 162 g/mol. The Labute approximate surface area is 77.5 Å². The fourth-order valence-electron chi connectivity index (χ4n) is 2.36. The van der Waals surface area contributed by atoms with Crippen LogP contribution in [-0.2, 0) is 12.1 Å². The first-order valence-electron chi connectivity index (χ1n) is 4.79. The zero-order chi connectivity index (χ0) is 8.73. The van der Waals surface area contributed by atoms with Gasteiger partial charge in [-0.15, -0.1) is 0 Å². The molecule has 2 aliphatic heterocycles. The minimum absolute atomic E-state index is 0.150. The normalized spacial score (nSPS) is 31.1. The number of nitrogens with zero attached hydrogens (tertiary/aromatic N) is 2. The molecule has 3 heterocycles. The van der Waals surface area contributed by atoms with Gasteiger partial charge in [0, 0.05) is 24.7 Å². The van der Waals surface area contributed by atoms with Crippen LogP contribution in [0.1, 0.15) is 12.1 Å². The smallest absolute Gasteiger partial charge is 0.0926 e. The van der Waals surface area contributed by atoms with Crippen molar-refractivity contribution in [1.82, 2.24) is 9.88 Å². The van der Waals surface area contributed by atoms with Crippen molar-refractivity contribution in [3.8, 4) is 0 Å². The fourth-order valence-corrected chi connectivity index (χ4v) is 2.36. The van der Waals surface area contributed by atoms with Crippen molar-refractivity contribution in [2.45, 2.75) is 18.5 Å². The first kappa shape index (κ1) is 7.33. The molecule has 1 atom stereocenters. The highest BCUT2D eigenvalue weighted by Gasteiger charge is 2.36. The van der Waals surface area contributed by atoms with Crippen LogP contribution in [0.3, 0.4) is 0 Å². The van der Waals surface area contributed by atoms with E-state index in [2.05, 4.69) is 39.4 Å². The molecule has 1 unspecified atom stereocenters. The lowest BCUT2D eigenvalue weighted by molar-refractivity contribution is 0.427. The van der Waals surface area contributed by atoms with Gasteiger partial charge in [-0.3, -0.25) is 4.99 Å². The van der Waals surface area contributed by atoms with Crippen LogP contribution >= 0.6 is 0 Å². The number of hydrogen-bond acceptors (Lipinski definition) is 2. The summed E-state index contributed by atoms with van der Waals surface area (Å²) in [6.45, 7) is 2.97. The second-order valence-corrected chi connectivity index (χ2v) is 3.87. The van der Waals surface area contributed by atoms with Crippen molar-refractivity contribution in [2.75, 3.05) is 13.1 Å². The summed E-state index contributed by atoms with van der Waals surface area (Å²) in [6, 6.07) is 4.28. The van der Waals surface area contributed by atoms with Crippen LogP contribution in [0.5, 0.6) is 0 Å². The molecule has 1 saturated heterocycles. The zero-order valence-corrected chi connectivity index (χ0v) is 7.53. The van der Waals surface area contributed by atoms with E-state index in [1.807, 2.05) is 0 Å². The van der Waals surface area contributed by atoms with E-state index in [9.17, 15) is 0 Å². The van der Waals surface area contributed by atoms with E-state index in [0.29, 0.717) is 0 Å². The molecule has 68 valence electrons. The summed E-state index contributed by atoms with van der Waals surface area (Å²) in [4.78, 5) is 4.44. The third-order valence-corrected chi connectivity index (χ3v) is 3.06. The molecule has 0 radical (unpaired) electrons. The largest absolute Gasteiger partial charge is 0.337 e. The lowest BCUT2D eigenvalue weighted by atomic mass is 9.98. The predicted octanol–water partition coefficient (Wildman–Crippen LogP) is 0.761. The summed E-state index contributed by atoms with van der Waals surface area (Å²) in [5.41, 5.74) is 1.49. The second-order valence-electron chi connectivity index (χ2n) is 3.87. The summed E-state index contributed by atoms with van der Waals surface area (Å²) >= 11 is 0. The van der Waals surface area contributed by atoms with Gasteiger partial charge >= 0.3 is 0 Å². The topological polar surface area (TPSA) is 29.3 Å². The molecule has 3 heteroatoms. The van der Waals surface area contributed by atoms with Gasteiger partial charge in [-0.25, -0.2) is 0 Å². The molecule has 0 aliphatic carbocycles. The first-order valence-corrected chi connectivity index (χ1v) is 4.79. The van der Waals surface area contributed by atoms with Crippen LogP contribution in [0.4, 0.5) is 0 Å². The molecule has 0 amide bonds. The molecule has 13 heavy (non-hydrogen) atoms. The molecule has 1 spiro atoms. The maximum absolute atomic E-state index is 4.44. The predicted molar refractivity (Wildman–Crippen MR) is 52.1 cm³/mol. The molecule has 2 aliphatic rings. The number of rotatable bonds is 0. The standard InChI is InChI=1S/C10H13N3/c1-2-9-6-12-8-10(13(9)5-1)3-4-11-7-10/h1-2,5,8,11H,3-4,6-7H2. The average molecular weight is 175 g/mol. The van der Waals surface area contributed by atoms with E-state index >= 15 is 0 Å². The highest BCUT2D eigenvalue weighted by atomic mass is 15.2. The number of hydrogen-bond donors (Lipinski definition) is 1. The van der Waals surface area contributed by atoms with Crippen molar-refractivity contribution in [2.24, 2.45) is 4.99 Å². The minimum atomic E-state index is 0.150. The van der Waals surface area contributed by atoms with Gasteiger partial charge in [0.05, 0.1) is 12.1 Å². The summed E-state index contributed by atoms with van der Waals surface area (Å²) in [5.74, 6) is 0. The third-order valence-electron chi connectivity index (χ3n) is 3.06. The molecule has 0 aromatic carbocycles. The Kier molecular flexibility index (Phi) is 1.38. The van der Waals surface area contributed by atoms with Crippen LogP contribution in [0.25, 0.3) is 0 Å². The van der Waals surface area contributed by atoms with E-state index in [0.717, 1.165) is 26.1 Å². The van der Waals surface area contributed by atoms with Crippen LogP contribution in [0, 0.1) is 0 Å². The summed E-state index contributed by atoms with van der Waals surface area (Å²) in [5, 5.41) is 3.40. The van der Waals surface area contributed by atoms with Gasteiger partial charge in [-0.1, -0.05) is 0 Å². The van der Waals surface area contributed by atoms with Crippen molar-refractivity contribution in [1.29, 1.82) is 0 Å². The van der Waals surface area contributed by atoms with Gasteiger partial charge in [-0.2, -0.15) is 0 Å². The highest BCUT2D eigenvalue weighted by Crippen LogP contribution is 2.27. The Bertz CT molecular complexity index is 345. The Morgan fingerprint density at radius 1 is 1.54 bits per heavy atom. The van der Waals surface area contributed by atoms with Crippen LogP contribution in [-0.4, -0.2) is 23.9 Å². The van der Waals surface area contributed by atoms with E-state index in [-0.39, 0.29) is 5.54 Å². The lowest BCUT2D eigenvalue weighted by Gasteiger charge is -2.31. The summed E-state index contributed by atoms with van der Waals surface area (Å²) < 4.78 is 2.38. The molecular formula is C10H13N3. The minimum Gasteiger partial charge on any atom is -0.337 e. The molecule has 3 rings (SSSR count). The molecule has 1 aromatic rings. The van der Waals surface area contributed by atoms with Crippen LogP contribution in [0.2, 0.25) is 0 Å². The number of aliphatic imine (C=N–C) groups is 1. The third kappa shape index (κ3) is 0.907. The fraction of sp³-hybridized carbons (Fsp3) is 0.500. The highest BCUT2D eigenvalue weighted by molar-refractivity contribution is 5.70. The maximum Gasteiger partial charge on any atom is 0.0926 e. The second kappa shape index (κ2) is 2.45. The number of nitrogens with one attached hydrogen (secondary N) is 1. The zero-order valence-electron chi connectivity index (χ0n) is 7.53. The molecule has 3 nitrogen and oxygen atoms in total. The Hall–Kier alpha value is -1.09. The Balaban J connectivity index is 2.13. The van der Waals surface area contributed by atoms with Gasteiger partial charge in [0.1, 0.15) is 0 Å². The molecule has 1 aromatic heterocycles. The molecule has 1 fully saturated rings. The molecule has 0 bridgehead atoms. The first-order chi connectivity index (χ1) is 6.41. The van der Waals surface area contributed by atoms with Crippen molar-refractivity contribution in [3.05, 3.63) is 24.0 Å². The van der Waals surface area contributed by atoms with Gasteiger partial charge in [0.2, 0.25) is 0 Å². The molecule has 1 N–H and O–H groups in total. The maximum atomic E-state index is 4.44. The van der Waals surface area contributed by atoms with Gasteiger partial charge in [-0.05, 0) is 25.1 Å². The Morgan fingerprint density at radius 2 is 2.54 bits per heavy atom. The number of aromatic nitrogens is 1. The van der Waals surface area contributed by atoms with Crippen LogP contribution in [0.15, 0.2) is 23.3 Å². The summed E-state index contributed by atoms with van der Waals surface area (Å²) in [6.07, 6.45) is 5.46. The summed E-state index contributed by atoms with van der Waals surface area (Å²) in [7, 11) is 0. The molecule has 0 saturated carbocycles. The van der Waals surface area contributed by atoms with Crippen LogP contribution < -0.4 is 5.32 Å². The lowest BCUT2D eigenvalue weighted by Crippen LogP contribution is -2.40. The van der Waals surface area contributed by atoms with Gasteiger partial charge in [0.25, 0.3) is 0 Å². The van der Waals surface area contributed by atoms with Crippen molar-refractivity contribution in [3.63, 3.8) is 0 Å². The monoisotopic (exact) mass is 175 g/mol. The average Bonchev–Trinajstić information content (AvgIpc) is 2.74. The van der Waals surface area contributed by atoms with E-state index in [4.69, 9.17) is 0 Å². The van der Waals surface area contributed by atoms with Crippen molar-refractivity contribution >= 4 is 6.21 Å². The Morgan fingerprint density at radius 3 is 3.38 bits per heavy atom. The van der Waals surface area contributed by atoms with Gasteiger partial charge < -0.3 is 9.88 Å². The van der Waals surface area contributed by atoms with Gasteiger partial charge in [0.15, 0.2) is 0 Å². The quantitative estimate of drug-likeness (QED) is 0.619. The van der Waals surface area contributed by atoms with E-state index in [1.54, 1.807) is 0 Å². The van der Waals surface area contributed by atoms with E-state index < -0.39 is 0 Å². The van der Waals surface area contributed by atoms with Crippen molar-refractivity contribution < 1.29 is 0 Å². The SMILES string of the molecule is C1=NCc2cccn2C12CCNC2.